The Morgan fingerprint density at radius 1 is 1.50 bits per heavy atom. The van der Waals surface area contributed by atoms with Gasteiger partial charge in [0.15, 0.2) is 0 Å². The van der Waals surface area contributed by atoms with Gasteiger partial charge in [-0.1, -0.05) is 0 Å². The van der Waals surface area contributed by atoms with E-state index in [1.165, 1.54) is 5.32 Å². The van der Waals surface area contributed by atoms with Gasteiger partial charge in [-0.2, -0.15) is 18.4 Å². The monoisotopic (exact) mass is 256 g/mol. The standard InChI is InChI=1S/C7H7F3N2O3S/c8-7(9,10)6(15)12-4(5(13)14)3-16-2-1-11/h4H,2-3H2,(H,12,15)(H,13,14)/t4-/m0/s1. The number of nitrogens with zero attached hydrogens (tertiary/aromatic N) is 1. The van der Waals surface area contributed by atoms with Crippen molar-refractivity contribution >= 4 is 23.6 Å². The van der Waals surface area contributed by atoms with Gasteiger partial charge in [0, 0.05) is 5.75 Å². The Morgan fingerprint density at radius 3 is 2.44 bits per heavy atom. The number of carboxylic acids is 1. The molecule has 0 saturated heterocycles. The number of nitriles is 1. The van der Waals surface area contributed by atoms with E-state index in [0.29, 0.717) is 0 Å². The van der Waals surface area contributed by atoms with Crippen molar-refractivity contribution in [2.24, 2.45) is 0 Å². The third-order valence-corrected chi connectivity index (χ3v) is 2.21. The van der Waals surface area contributed by atoms with Crippen molar-refractivity contribution < 1.29 is 27.9 Å². The molecule has 0 aromatic heterocycles. The number of halogens is 3. The van der Waals surface area contributed by atoms with Crippen LogP contribution in [-0.2, 0) is 9.59 Å². The Bertz CT molecular complexity index is 313. The number of thioether (sulfide) groups is 1. The molecule has 0 aliphatic rings. The third kappa shape index (κ3) is 5.45. The molecule has 90 valence electrons. The quantitative estimate of drug-likeness (QED) is 0.694. The number of nitrogens with one attached hydrogen (secondary N) is 1. The highest BCUT2D eigenvalue weighted by Gasteiger charge is 2.40. The Morgan fingerprint density at radius 2 is 2.06 bits per heavy atom. The van der Waals surface area contributed by atoms with E-state index < -0.39 is 24.1 Å². The predicted molar refractivity (Wildman–Crippen MR) is 48.6 cm³/mol. The number of alkyl halides is 3. The van der Waals surface area contributed by atoms with Gasteiger partial charge < -0.3 is 10.4 Å². The molecular formula is C7H7F3N2O3S. The van der Waals surface area contributed by atoms with E-state index >= 15 is 0 Å². The lowest BCUT2D eigenvalue weighted by Gasteiger charge is -2.14. The van der Waals surface area contributed by atoms with Gasteiger partial charge in [-0.3, -0.25) is 4.79 Å². The average Bonchev–Trinajstić information content (AvgIpc) is 2.14. The molecule has 0 rings (SSSR count). The number of carbonyl (C=O) groups excluding carboxylic acids is 1. The van der Waals surface area contributed by atoms with Gasteiger partial charge in [-0.15, -0.1) is 11.8 Å². The maximum Gasteiger partial charge on any atom is 0.471 e. The average molecular weight is 256 g/mol. The van der Waals surface area contributed by atoms with E-state index in [-0.39, 0.29) is 11.5 Å². The van der Waals surface area contributed by atoms with E-state index in [1.54, 1.807) is 6.07 Å². The second-order valence-corrected chi connectivity index (χ2v) is 3.57. The number of carbonyl (C=O) groups is 2. The molecule has 1 amide bonds. The zero-order valence-corrected chi connectivity index (χ0v) is 8.56. The van der Waals surface area contributed by atoms with Crippen molar-refractivity contribution in [2.75, 3.05) is 11.5 Å². The van der Waals surface area contributed by atoms with Gasteiger partial charge in [-0.25, -0.2) is 4.79 Å². The summed E-state index contributed by atoms with van der Waals surface area (Å²) in [5, 5.41) is 18.0. The summed E-state index contributed by atoms with van der Waals surface area (Å²) >= 11 is 0.818. The predicted octanol–water partition coefficient (Wildman–Crippen LogP) is 0.375. The largest absolute Gasteiger partial charge is 0.480 e. The third-order valence-electron chi connectivity index (χ3n) is 1.31. The van der Waals surface area contributed by atoms with Crippen LogP contribution in [0, 0.1) is 11.3 Å². The molecule has 0 unspecified atom stereocenters. The van der Waals surface area contributed by atoms with Crippen molar-refractivity contribution in [1.82, 2.24) is 5.32 Å². The van der Waals surface area contributed by atoms with Crippen LogP contribution in [0.1, 0.15) is 0 Å². The van der Waals surface area contributed by atoms with Gasteiger partial charge in [0.2, 0.25) is 0 Å². The van der Waals surface area contributed by atoms with Crippen LogP contribution in [0.15, 0.2) is 0 Å². The lowest BCUT2D eigenvalue weighted by Crippen LogP contribution is -2.48. The Hall–Kier alpha value is -1.43. The van der Waals surface area contributed by atoms with E-state index in [9.17, 15) is 22.8 Å². The van der Waals surface area contributed by atoms with Gasteiger partial charge in [0.05, 0.1) is 11.8 Å². The van der Waals surface area contributed by atoms with Crippen LogP contribution < -0.4 is 5.32 Å². The second kappa shape index (κ2) is 6.22. The highest BCUT2D eigenvalue weighted by atomic mass is 32.2. The first kappa shape index (κ1) is 14.6. The van der Waals surface area contributed by atoms with Crippen LogP contribution in [0.2, 0.25) is 0 Å². The molecule has 0 radical (unpaired) electrons. The van der Waals surface area contributed by atoms with Gasteiger partial charge in [0.1, 0.15) is 6.04 Å². The first-order valence-electron chi connectivity index (χ1n) is 3.84. The summed E-state index contributed by atoms with van der Waals surface area (Å²) in [7, 11) is 0. The summed E-state index contributed by atoms with van der Waals surface area (Å²) in [5.41, 5.74) is 0. The molecule has 2 N–H and O–H groups in total. The maximum atomic E-state index is 11.8. The molecule has 0 bridgehead atoms. The van der Waals surface area contributed by atoms with Crippen LogP contribution in [0.25, 0.3) is 0 Å². The van der Waals surface area contributed by atoms with Crippen LogP contribution in [0.5, 0.6) is 0 Å². The van der Waals surface area contributed by atoms with Gasteiger partial charge in [0.25, 0.3) is 0 Å². The number of aliphatic carboxylic acids is 1. The number of hydrogen-bond acceptors (Lipinski definition) is 4. The highest BCUT2D eigenvalue weighted by Crippen LogP contribution is 2.15. The molecule has 16 heavy (non-hydrogen) atoms. The fraction of sp³-hybridized carbons (Fsp3) is 0.571. The minimum absolute atomic E-state index is 0.0638. The van der Waals surface area contributed by atoms with Crippen molar-refractivity contribution in [2.45, 2.75) is 12.2 Å². The summed E-state index contributed by atoms with van der Waals surface area (Å²) in [4.78, 5) is 20.9. The SMILES string of the molecule is N#CCSC[C@H](NC(=O)C(F)(F)F)C(=O)O. The van der Waals surface area contributed by atoms with Crippen LogP contribution >= 0.6 is 11.8 Å². The molecule has 5 nitrogen and oxygen atoms in total. The molecule has 0 saturated carbocycles. The summed E-state index contributed by atoms with van der Waals surface area (Å²) < 4.78 is 35.4. The molecular weight excluding hydrogens is 249 g/mol. The van der Waals surface area contributed by atoms with E-state index in [1.807, 2.05) is 0 Å². The first-order chi connectivity index (χ1) is 7.29. The second-order valence-electron chi connectivity index (χ2n) is 2.54. The highest BCUT2D eigenvalue weighted by molar-refractivity contribution is 7.99. The maximum absolute atomic E-state index is 11.8. The zero-order chi connectivity index (χ0) is 12.8. The molecule has 0 aromatic rings. The van der Waals surface area contributed by atoms with E-state index in [4.69, 9.17) is 10.4 Å². The van der Waals surface area contributed by atoms with Crippen LogP contribution in [0.4, 0.5) is 13.2 Å². The first-order valence-corrected chi connectivity index (χ1v) is 4.99. The Kier molecular flexibility index (Phi) is 5.66. The summed E-state index contributed by atoms with van der Waals surface area (Å²) in [6.45, 7) is 0. The fourth-order valence-corrected chi connectivity index (χ4v) is 1.31. The van der Waals surface area contributed by atoms with Crippen LogP contribution in [-0.4, -0.2) is 40.7 Å². The molecule has 0 aliphatic heterocycles. The van der Waals surface area contributed by atoms with Crippen molar-refractivity contribution in [1.29, 1.82) is 5.26 Å². The Balaban J connectivity index is 4.30. The van der Waals surface area contributed by atoms with E-state index in [2.05, 4.69) is 0 Å². The number of rotatable bonds is 5. The summed E-state index contributed by atoms with van der Waals surface area (Å²) in [5.74, 6) is -4.25. The lowest BCUT2D eigenvalue weighted by molar-refractivity contribution is -0.175. The fourth-order valence-electron chi connectivity index (χ4n) is 0.637. The molecule has 0 aliphatic carbocycles. The zero-order valence-electron chi connectivity index (χ0n) is 7.74. The van der Waals surface area contributed by atoms with Gasteiger partial charge in [-0.05, 0) is 0 Å². The lowest BCUT2D eigenvalue weighted by atomic mass is 10.3. The minimum Gasteiger partial charge on any atom is -0.480 e. The summed E-state index contributed by atoms with van der Waals surface area (Å²) in [6.07, 6.45) is -5.12. The molecule has 0 aromatic carbocycles. The normalized spacial score (nSPS) is 12.6. The Labute approximate surface area is 92.6 Å². The van der Waals surface area contributed by atoms with Gasteiger partial charge >= 0.3 is 18.1 Å². The van der Waals surface area contributed by atoms with Crippen molar-refractivity contribution in [3.63, 3.8) is 0 Å². The van der Waals surface area contributed by atoms with Crippen molar-refractivity contribution in [3.8, 4) is 6.07 Å². The number of amides is 1. The number of hydrogen-bond donors (Lipinski definition) is 2. The summed E-state index contributed by atoms with van der Waals surface area (Å²) in [6, 6.07) is 0.0209. The topological polar surface area (TPSA) is 90.2 Å². The van der Waals surface area contributed by atoms with Crippen molar-refractivity contribution in [3.05, 3.63) is 0 Å². The molecule has 0 fully saturated rings. The van der Waals surface area contributed by atoms with E-state index in [0.717, 1.165) is 11.8 Å². The number of carboxylic acid groups (broad SMARTS) is 1. The molecule has 0 heterocycles. The molecule has 1 atom stereocenters. The molecule has 9 heteroatoms. The molecule has 0 spiro atoms. The van der Waals surface area contributed by atoms with Crippen LogP contribution in [0.3, 0.4) is 0 Å². The minimum atomic E-state index is -5.12. The smallest absolute Gasteiger partial charge is 0.471 e.